The maximum absolute atomic E-state index is 15.8. The van der Waals surface area contributed by atoms with E-state index in [9.17, 15) is 0 Å². The zero-order valence-electron chi connectivity index (χ0n) is 62.8. The maximum Gasteiger partial charge on any atom is 0.311 e. The summed E-state index contributed by atoms with van der Waals surface area (Å²) in [5.74, 6) is -0.589. The second-order valence-electron chi connectivity index (χ2n) is 28.9. The van der Waals surface area contributed by atoms with Crippen LogP contribution in [0.25, 0.3) is 0 Å². The maximum atomic E-state index is 15.8. The zero-order chi connectivity index (χ0) is 76.5. The van der Waals surface area contributed by atoms with Gasteiger partial charge in [0, 0.05) is 0 Å². The number of carbonyl (C=O) groups is 1. The summed E-state index contributed by atoms with van der Waals surface area (Å²) in [6.45, 7) is 5.47. The lowest BCUT2D eigenvalue weighted by Crippen LogP contribution is -2.67. The van der Waals surface area contributed by atoms with Crippen LogP contribution in [0.5, 0.6) is 0 Å². The van der Waals surface area contributed by atoms with Crippen molar-refractivity contribution in [3.05, 3.63) is 353 Å². The van der Waals surface area contributed by atoms with Gasteiger partial charge in [-0.15, -0.1) is 0 Å². The minimum Gasteiger partial charge on any atom is -0.454 e. The van der Waals surface area contributed by atoms with Crippen LogP contribution in [-0.2, 0) is 145 Å². The number of hydrogen-bond acceptors (Lipinski definition) is 18. The predicted octanol–water partition coefficient (Wildman–Crippen LogP) is 15.5. The highest BCUT2D eigenvalue weighted by atomic mass is 32.2. The zero-order valence-corrected chi connectivity index (χ0v) is 63.6. The summed E-state index contributed by atoms with van der Waals surface area (Å²) in [6.07, 6.45) is -17.1. The Morgan fingerprint density at radius 2 is 0.550 bits per heavy atom. The second-order valence-corrected chi connectivity index (χ2v) is 30.9. The average molecular weight is 1520 g/mol. The SMILES string of the molecule is CC(C)(C)C(=O)O[C@@H]1[C@@H](O[C@@H]2[C@@H](OC[C@H]3O[C@H](S(=O)(=O)c4ccccc4)[C@@H](OCc4ccccc4)[C@H](OCc4ccccc4)[C@@H]3OCc3ccccc3)O[C@H](COCc3ccccc3)[C@@H](OCc3ccccc3)[C@@H]2OCc2ccccc2)O[C@H](COCc2ccccc2)[C@@H](OCc2ccccc2)[C@@H]1OCc1ccccc1. The van der Waals surface area contributed by atoms with Crippen LogP contribution in [0.15, 0.2) is 308 Å². The van der Waals surface area contributed by atoms with Gasteiger partial charge in [0.15, 0.2) is 24.1 Å². The Morgan fingerprint density at radius 1 is 0.288 bits per heavy atom. The number of carbonyl (C=O) groups excluding carboxylic acids is 1. The number of sulfone groups is 1. The molecule has 0 aromatic heterocycles. The van der Waals surface area contributed by atoms with Crippen LogP contribution in [0.3, 0.4) is 0 Å². The van der Waals surface area contributed by atoms with Gasteiger partial charge in [-0.05, 0) is 83.0 Å². The molecule has 0 saturated carbocycles. The Morgan fingerprint density at radius 3 is 0.874 bits per heavy atom. The van der Waals surface area contributed by atoms with Crippen molar-refractivity contribution in [1.29, 1.82) is 0 Å². The first kappa shape index (κ1) is 80.1. The smallest absolute Gasteiger partial charge is 0.311 e. The van der Waals surface area contributed by atoms with Crippen molar-refractivity contribution in [3.8, 4) is 0 Å². The predicted molar refractivity (Wildman–Crippen MR) is 417 cm³/mol. The van der Waals surface area contributed by atoms with E-state index in [1.54, 1.807) is 39.0 Å². The molecule has 19 heteroatoms. The first-order valence-electron chi connectivity index (χ1n) is 37.9. The van der Waals surface area contributed by atoms with Crippen molar-refractivity contribution >= 4 is 15.8 Å². The van der Waals surface area contributed by atoms with E-state index < -0.39 is 119 Å². The highest BCUT2D eigenvalue weighted by molar-refractivity contribution is 7.92. The van der Waals surface area contributed by atoms with Crippen molar-refractivity contribution in [2.24, 2.45) is 5.41 Å². The molecule has 3 saturated heterocycles. The lowest BCUT2D eigenvalue weighted by Gasteiger charge is -2.50. The Bertz CT molecular complexity index is 4430. The number of ether oxygens (including phenoxy) is 15. The molecule has 13 rings (SSSR count). The first-order chi connectivity index (χ1) is 54.4. The molecule has 10 aromatic rings. The molecule has 15 atom stereocenters. The van der Waals surface area contributed by atoms with E-state index in [1.807, 2.05) is 273 Å². The molecular weight excluding hydrogens is 1430 g/mol. The Labute approximate surface area is 651 Å². The fourth-order valence-electron chi connectivity index (χ4n) is 13.6. The topological polar surface area (TPSA) is 190 Å². The summed E-state index contributed by atoms with van der Waals surface area (Å²) in [5, 5.41) is 0. The van der Waals surface area contributed by atoms with E-state index in [0.717, 1.165) is 50.1 Å². The highest BCUT2D eigenvalue weighted by Crippen LogP contribution is 2.41. The van der Waals surface area contributed by atoms with Gasteiger partial charge in [-0.1, -0.05) is 291 Å². The third-order valence-electron chi connectivity index (χ3n) is 19.5. The van der Waals surface area contributed by atoms with Crippen LogP contribution in [0.4, 0.5) is 0 Å². The van der Waals surface area contributed by atoms with Gasteiger partial charge in [0.2, 0.25) is 9.84 Å². The van der Waals surface area contributed by atoms with Crippen LogP contribution in [-0.4, -0.2) is 125 Å². The summed E-state index contributed by atoms with van der Waals surface area (Å²) < 4.78 is 139. The third-order valence-corrected chi connectivity index (χ3v) is 21.4. The summed E-state index contributed by atoms with van der Waals surface area (Å²) in [4.78, 5) is 15.1. The highest BCUT2D eigenvalue weighted by Gasteiger charge is 2.58. The molecule has 3 aliphatic heterocycles. The number of esters is 1. The minimum absolute atomic E-state index is 0.00691. The van der Waals surface area contributed by atoms with E-state index >= 15 is 13.2 Å². The molecule has 0 radical (unpaired) electrons. The summed E-state index contributed by atoms with van der Waals surface area (Å²) in [5.41, 5.74) is 4.82. The first-order valence-corrected chi connectivity index (χ1v) is 39.5. The summed E-state index contributed by atoms with van der Waals surface area (Å²) in [6, 6.07) is 95.5. The molecule has 111 heavy (non-hydrogen) atoms. The van der Waals surface area contributed by atoms with Crippen molar-refractivity contribution in [1.82, 2.24) is 0 Å². The van der Waals surface area contributed by atoms with Crippen LogP contribution in [0, 0.1) is 5.41 Å². The Balaban J connectivity index is 0.957. The Hall–Kier alpha value is -8.94. The molecule has 0 aliphatic carbocycles. The standard InChI is InChI=1S/C92H98O18S/c1-92(2,3)91(93)110-86-83(102-60-72-46-26-10-27-47-72)80(99-57-69-40-20-7-21-41-69)77(64-97-55-67-36-16-5-17-37-67)107-89(86)109-85-82(101-59-71-44-24-9-25-45-71)79(98-56-68-38-18-6-19-39-68)76(63-96-54-66-34-14-4-15-35-66)106-88(85)105-65-78-81(100-58-70-42-22-8-23-43-70)84(103-61-73-48-28-11-29-49-73)87(104-62-74-50-30-12-31-51-74)90(108-78)111(94,95)75-52-32-13-33-53-75/h4-53,76-90H,54-65H2,1-3H3/t76-,77-,78-,79-,80-,81-,82+,83+,84-,85+,86+,87+,88+,89-,90-/m1/s1. The normalized spacial score (nSPS) is 24.2. The quantitative estimate of drug-likeness (QED) is 0.0334. The minimum atomic E-state index is -4.49. The summed E-state index contributed by atoms with van der Waals surface area (Å²) in [7, 11) is -4.49. The average Bonchev–Trinajstić information content (AvgIpc) is 0.758. The fourth-order valence-corrected chi connectivity index (χ4v) is 15.3. The van der Waals surface area contributed by atoms with Crippen molar-refractivity contribution in [2.75, 3.05) is 19.8 Å². The van der Waals surface area contributed by atoms with E-state index in [1.165, 1.54) is 12.1 Å². The molecule has 0 spiro atoms. The third kappa shape index (κ3) is 22.7. The molecule has 0 N–H and O–H groups in total. The van der Waals surface area contributed by atoms with Gasteiger partial charge in [-0.2, -0.15) is 0 Å². The van der Waals surface area contributed by atoms with Gasteiger partial charge in [-0.3, -0.25) is 4.79 Å². The van der Waals surface area contributed by atoms with Crippen LogP contribution >= 0.6 is 0 Å². The van der Waals surface area contributed by atoms with Crippen LogP contribution in [0.1, 0.15) is 70.8 Å². The van der Waals surface area contributed by atoms with E-state index in [4.69, 9.17) is 71.1 Å². The number of hydrogen-bond donors (Lipinski definition) is 0. The summed E-state index contributed by atoms with van der Waals surface area (Å²) >= 11 is 0. The van der Waals surface area contributed by atoms with Gasteiger partial charge in [0.1, 0.15) is 67.1 Å². The molecule has 0 amide bonds. The molecule has 0 unspecified atom stereocenters. The van der Waals surface area contributed by atoms with Crippen molar-refractivity contribution < 1.29 is 84.3 Å². The van der Waals surface area contributed by atoms with Gasteiger partial charge < -0.3 is 71.1 Å². The lowest BCUT2D eigenvalue weighted by atomic mass is 9.94. The van der Waals surface area contributed by atoms with Crippen molar-refractivity contribution in [3.63, 3.8) is 0 Å². The van der Waals surface area contributed by atoms with E-state index in [0.29, 0.717) is 0 Å². The molecule has 0 bridgehead atoms. The molecule has 3 aliphatic rings. The van der Waals surface area contributed by atoms with E-state index in [2.05, 4.69) is 0 Å². The van der Waals surface area contributed by atoms with Gasteiger partial charge >= 0.3 is 5.97 Å². The van der Waals surface area contributed by atoms with Gasteiger partial charge in [-0.25, -0.2) is 8.42 Å². The van der Waals surface area contributed by atoms with E-state index in [-0.39, 0.29) is 77.6 Å². The molecule has 3 fully saturated rings. The molecular formula is C92H98O18S. The fraction of sp³-hybridized carbons (Fsp3) is 0.337. The number of benzene rings is 10. The van der Waals surface area contributed by atoms with Gasteiger partial charge in [0.25, 0.3) is 0 Å². The number of rotatable bonds is 37. The Kier molecular flexibility index (Phi) is 29.2. The van der Waals surface area contributed by atoms with Crippen LogP contribution < -0.4 is 0 Å². The molecule has 18 nitrogen and oxygen atoms in total. The monoisotopic (exact) mass is 1520 g/mol. The largest absolute Gasteiger partial charge is 0.454 e. The molecule has 580 valence electrons. The second kappa shape index (κ2) is 40.5. The van der Waals surface area contributed by atoms with Gasteiger partial charge in [0.05, 0.1) is 89.6 Å². The van der Waals surface area contributed by atoms with Crippen LogP contribution in [0.2, 0.25) is 0 Å². The molecule has 3 heterocycles. The molecule has 10 aromatic carbocycles. The lowest BCUT2D eigenvalue weighted by molar-refractivity contribution is -0.383. The van der Waals surface area contributed by atoms with Crippen molar-refractivity contribution in [2.45, 2.75) is 176 Å².